The number of H-pyrrole nitrogens is 1. The molecule has 0 bridgehead atoms. The van der Waals surface area contributed by atoms with Crippen LogP contribution in [0.5, 0.6) is 0 Å². The molecule has 0 aliphatic carbocycles. The van der Waals surface area contributed by atoms with Crippen LogP contribution in [0, 0.1) is 0 Å². The van der Waals surface area contributed by atoms with Gasteiger partial charge >= 0.3 is 56.9 Å². The summed E-state index contributed by atoms with van der Waals surface area (Å²) in [6, 6.07) is 0. The van der Waals surface area contributed by atoms with Crippen LogP contribution in [0.4, 0.5) is 5.82 Å². The summed E-state index contributed by atoms with van der Waals surface area (Å²) < 4.78 is 21.9. The fourth-order valence-corrected chi connectivity index (χ4v) is 1.90. The van der Waals surface area contributed by atoms with E-state index in [1.54, 1.807) is 4.90 Å². The Bertz CT molecular complexity index is 352. The molecule has 0 amide bonds. The third-order valence-electron chi connectivity index (χ3n) is 1.86. The summed E-state index contributed by atoms with van der Waals surface area (Å²) in [5.74, 6) is 0.265. The number of aromatic nitrogens is 2. The maximum atomic E-state index is 11.2. The van der Waals surface area contributed by atoms with Crippen LogP contribution in [0.2, 0.25) is 0 Å². The summed E-state index contributed by atoms with van der Waals surface area (Å²) in [4.78, 5) is 12.9. The van der Waals surface area contributed by atoms with Crippen LogP contribution in [0.25, 0.3) is 0 Å². The molecule has 1 aromatic rings. The first-order valence-corrected chi connectivity index (χ1v) is 5.02. The van der Waals surface area contributed by atoms with Gasteiger partial charge in [-0.25, -0.2) is 0 Å². The molecule has 1 aliphatic rings. The van der Waals surface area contributed by atoms with Crippen LogP contribution < -0.4 is 61.8 Å². The Labute approximate surface area is 128 Å². The molecule has 14 heavy (non-hydrogen) atoms. The molecule has 0 spiro atoms. The number of ether oxygens (including phenoxy) is 1. The zero-order valence-electron chi connectivity index (χ0n) is 8.86. The van der Waals surface area contributed by atoms with Crippen molar-refractivity contribution in [3.63, 3.8) is 0 Å². The average Bonchev–Trinajstić information content (AvgIpc) is 2.47. The number of nitrogens with zero attached hydrogens (tertiary/aromatic N) is 2. The van der Waals surface area contributed by atoms with Gasteiger partial charge in [-0.15, -0.1) is 4.37 Å². The van der Waals surface area contributed by atoms with Crippen molar-refractivity contribution in [3.05, 3.63) is 10.4 Å². The second-order valence-electron chi connectivity index (χ2n) is 2.69. The number of nitrogens with one attached hydrogen (secondary N) is 1. The van der Waals surface area contributed by atoms with Gasteiger partial charge in [0.2, 0.25) is 0 Å². The van der Waals surface area contributed by atoms with E-state index in [9.17, 15) is 9.35 Å². The summed E-state index contributed by atoms with van der Waals surface area (Å²) in [5, 5.41) is 0. The first kappa shape index (κ1) is 12.8. The maximum Gasteiger partial charge on any atom is 1.00 e. The van der Waals surface area contributed by atoms with Crippen molar-refractivity contribution in [3.8, 4) is 0 Å². The van der Waals surface area contributed by atoms with Gasteiger partial charge in [-0.2, -0.15) is 0 Å². The van der Waals surface area contributed by atoms with Gasteiger partial charge in [-0.3, -0.25) is 4.79 Å². The van der Waals surface area contributed by atoms with Gasteiger partial charge in [0.15, 0.2) is 11.1 Å². The fourth-order valence-electron chi connectivity index (χ4n) is 1.24. The number of hydrogen-bond acceptors (Lipinski definition) is 5. The Morgan fingerprint density at radius 3 is 2.71 bits per heavy atom. The topological polar surface area (TPSA) is 81.3 Å². The smallest absolute Gasteiger partial charge is 1.00 e. The summed E-state index contributed by atoms with van der Waals surface area (Å²) >= 11 is -1.58. The van der Waals surface area contributed by atoms with Gasteiger partial charge in [0.1, 0.15) is 0 Å². The average molecular weight is 243 g/mol. The van der Waals surface area contributed by atoms with Gasteiger partial charge in [0.05, 0.1) is 13.2 Å². The number of aromatic amines is 1. The van der Waals surface area contributed by atoms with Gasteiger partial charge in [0, 0.05) is 17.5 Å². The SMILES string of the molecule is O=c1[nH][s+]([O-])nc1N1CCOCC1.[H-].[K+]. The predicted octanol–water partition coefficient (Wildman–Crippen LogP) is -3.55. The van der Waals surface area contributed by atoms with Crippen molar-refractivity contribution in [2.75, 3.05) is 31.2 Å². The first-order chi connectivity index (χ1) is 6.27. The van der Waals surface area contributed by atoms with E-state index in [-0.39, 0.29) is 64.2 Å². The summed E-state index contributed by atoms with van der Waals surface area (Å²) in [5.41, 5.74) is -0.361. The van der Waals surface area contributed by atoms with Gasteiger partial charge < -0.3 is 15.6 Å². The predicted molar refractivity (Wildman–Crippen MR) is 47.7 cm³/mol. The molecule has 2 rings (SSSR count). The van der Waals surface area contributed by atoms with Gasteiger partial charge in [-0.05, 0) is 0 Å². The van der Waals surface area contributed by atoms with Crippen LogP contribution in [-0.2, 0) is 4.74 Å². The molecule has 1 fully saturated rings. The van der Waals surface area contributed by atoms with Crippen LogP contribution in [0.1, 0.15) is 1.43 Å². The number of morpholine rings is 1. The minimum absolute atomic E-state index is 0. The van der Waals surface area contributed by atoms with Gasteiger partial charge in [0.25, 0.3) is 5.82 Å². The van der Waals surface area contributed by atoms with E-state index in [1.807, 2.05) is 0 Å². The van der Waals surface area contributed by atoms with E-state index in [2.05, 4.69) is 8.75 Å². The van der Waals surface area contributed by atoms with Crippen LogP contribution in [0.15, 0.2) is 4.79 Å². The summed E-state index contributed by atoms with van der Waals surface area (Å²) in [7, 11) is 0. The molecule has 2 heterocycles. The van der Waals surface area contributed by atoms with E-state index >= 15 is 0 Å². The maximum absolute atomic E-state index is 11.2. The molecular formula is C6H10KN3O3S. The van der Waals surface area contributed by atoms with E-state index in [0.29, 0.717) is 26.3 Å². The van der Waals surface area contributed by atoms with Crippen molar-refractivity contribution in [2.45, 2.75) is 0 Å². The molecule has 1 atom stereocenters. The molecule has 6 nitrogen and oxygen atoms in total. The summed E-state index contributed by atoms with van der Waals surface area (Å²) in [6.07, 6.45) is 0. The molecule has 0 radical (unpaired) electrons. The Balaban J connectivity index is 0.000000980. The molecule has 0 aromatic carbocycles. The largest absolute Gasteiger partial charge is 1.00 e. The second-order valence-corrected chi connectivity index (χ2v) is 3.58. The molecule has 74 valence electrons. The molecular weight excluding hydrogens is 233 g/mol. The third-order valence-corrected chi connectivity index (χ3v) is 2.56. The van der Waals surface area contributed by atoms with E-state index in [1.165, 1.54) is 0 Å². The second kappa shape index (κ2) is 5.71. The van der Waals surface area contributed by atoms with E-state index in [4.69, 9.17) is 4.74 Å². The Kier molecular flexibility index (Phi) is 5.21. The Hall–Kier alpha value is 0.716. The molecule has 1 aliphatic heterocycles. The fraction of sp³-hybridized carbons (Fsp3) is 0.667. The van der Waals surface area contributed by atoms with Crippen molar-refractivity contribution < 1.29 is 62.1 Å². The standard InChI is InChI=1S/C6H9N3O3S.K.H/c10-6-5(7-13(11)8-6)9-1-3-12-4-2-9;;/h1-4H2,(H,8,10);;/q;+1;-1. The zero-order chi connectivity index (χ0) is 9.26. The molecule has 1 aromatic heterocycles. The van der Waals surface area contributed by atoms with Crippen molar-refractivity contribution in [2.24, 2.45) is 0 Å². The third kappa shape index (κ3) is 2.86. The van der Waals surface area contributed by atoms with Gasteiger partial charge in [-0.1, -0.05) is 0 Å². The van der Waals surface area contributed by atoms with Crippen LogP contribution in [-0.4, -0.2) is 39.6 Å². The summed E-state index contributed by atoms with van der Waals surface area (Å²) in [6.45, 7) is 2.42. The molecule has 8 heteroatoms. The molecule has 1 unspecified atom stereocenters. The van der Waals surface area contributed by atoms with Crippen molar-refractivity contribution >= 4 is 17.0 Å². The first-order valence-electron chi connectivity index (χ1n) is 3.91. The minimum Gasteiger partial charge on any atom is -1.00 e. The molecule has 1 N–H and O–H groups in total. The minimum atomic E-state index is -1.58. The monoisotopic (exact) mass is 243 g/mol. The van der Waals surface area contributed by atoms with Crippen molar-refractivity contribution in [1.82, 2.24) is 8.75 Å². The molecule has 1 saturated heterocycles. The zero-order valence-corrected chi connectivity index (χ0v) is 11.8. The Morgan fingerprint density at radius 1 is 1.57 bits per heavy atom. The number of rotatable bonds is 1. The van der Waals surface area contributed by atoms with Crippen LogP contribution in [0.3, 0.4) is 0 Å². The number of anilines is 1. The Morgan fingerprint density at radius 2 is 2.21 bits per heavy atom. The van der Waals surface area contributed by atoms with Crippen molar-refractivity contribution in [1.29, 1.82) is 0 Å². The normalized spacial score (nSPS) is 17.8. The van der Waals surface area contributed by atoms with E-state index < -0.39 is 11.1 Å². The quantitative estimate of drug-likeness (QED) is 0.408. The van der Waals surface area contributed by atoms with Crippen LogP contribution >= 0.6 is 11.1 Å². The molecule has 0 saturated carbocycles. The number of hydrogen-bond donors (Lipinski definition) is 1. The van der Waals surface area contributed by atoms with E-state index in [0.717, 1.165) is 0 Å².